The molecule has 0 radical (unpaired) electrons. The number of nitrogen functional groups attached to an aromatic ring is 1. The molecule has 6 nitrogen and oxygen atoms in total. The summed E-state index contributed by atoms with van der Waals surface area (Å²) in [5, 5.41) is 11.5. The van der Waals surface area contributed by atoms with Crippen LogP contribution >= 0.6 is 11.6 Å². The monoisotopic (exact) mass is 307 g/mol. The van der Waals surface area contributed by atoms with E-state index >= 15 is 0 Å². The highest BCUT2D eigenvalue weighted by atomic mass is 35.5. The molecular formula is C14H14ClN3O3. The standard InChI is InChI=1S/C14H14ClN3O3/c1-9-6-12(3-4-13(9)15)21-8-10-7-11(18(19)20)2-5-14(10)17-16/h2-7,17H,8,16H2,1H3. The fraction of sp³-hybridized carbons (Fsp3) is 0.143. The Bertz CT molecular complexity index is 677. The van der Waals surface area contributed by atoms with Crippen molar-refractivity contribution in [3.05, 3.63) is 62.7 Å². The molecule has 0 bridgehead atoms. The lowest BCUT2D eigenvalue weighted by atomic mass is 10.1. The van der Waals surface area contributed by atoms with Crippen LogP contribution in [0, 0.1) is 17.0 Å². The van der Waals surface area contributed by atoms with Gasteiger partial charge < -0.3 is 10.2 Å². The van der Waals surface area contributed by atoms with Crippen LogP contribution in [0.4, 0.5) is 11.4 Å². The second-order valence-corrected chi connectivity index (χ2v) is 4.85. The average molecular weight is 308 g/mol. The van der Waals surface area contributed by atoms with Gasteiger partial charge in [0.25, 0.3) is 5.69 Å². The molecule has 0 unspecified atom stereocenters. The van der Waals surface area contributed by atoms with Gasteiger partial charge in [0.15, 0.2) is 0 Å². The lowest BCUT2D eigenvalue weighted by Gasteiger charge is -2.11. The van der Waals surface area contributed by atoms with E-state index in [0.717, 1.165) is 5.56 Å². The number of hydrogen-bond donors (Lipinski definition) is 2. The first-order valence-electron chi connectivity index (χ1n) is 6.14. The van der Waals surface area contributed by atoms with Gasteiger partial charge in [-0.15, -0.1) is 0 Å². The number of benzene rings is 2. The molecular weight excluding hydrogens is 294 g/mol. The molecule has 0 amide bonds. The topological polar surface area (TPSA) is 90.4 Å². The number of nitrogens with one attached hydrogen (secondary N) is 1. The number of nitrogens with zero attached hydrogens (tertiary/aromatic N) is 1. The molecule has 0 heterocycles. The van der Waals surface area contributed by atoms with Gasteiger partial charge >= 0.3 is 0 Å². The summed E-state index contributed by atoms with van der Waals surface area (Å²) in [6.45, 7) is 2.03. The highest BCUT2D eigenvalue weighted by Crippen LogP contribution is 2.25. The summed E-state index contributed by atoms with van der Waals surface area (Å²) < 4.78 is 5.63. The highest BCUT2D eigenvalue weighted by Gasteiger charge is 2.11. The smallest absolute Gasteiger partial charge is 0.269 e. The highest BCUT2D eigenvalue weighted by molar-refractivity contribution is 6.31. The third kappa shape index (κ3) is 3.62. The SMILES string of the molecule is Cc1cc(OCc2cc([N+](=O)[O-])ccc2NN)ccc1Cl. The predicted octanol–water partition coefficient (Wildman–Crippen LogP) is 3.42. The zero-order valence-electron chi connectivity index (χ0n) is 11.3. The Morgan fingerprint density at radius 1 is 1.33 bits per heavy atom. The number of anilines is 1. The molecule has 7 heteroatoms. The summed E-state index contributed by atoms with van der Waals surface area (Å²) >= 11 is 5.94. The summed E-state index contributed by atoms with van der Waals surface area (Å²) in [5.74, 6) is 6.03. The van der Waals surface area contributed by atoms with E-state index in [1.54, 1.807) is 24.3 Å². The van der Waals surface area contributed by atoms with Crippen molar-refractivity contribution in [2.45, 2.75) is 13.5 Å². The quantitative estimate of drug-likeness (QED) is 0.502. The number of nitro groups is 1. The fourth-order valence-electron chi connectivity index (χ4n) is 1.82. The number of rotatable bonds is 5. The summed E-state index contributed by atoms with van der Waals surface area (Å²) in [7, 11) is 0. The molecule has 0 fully saturated rings. The fourth-order valence-corrected chi connectivity index (χ4v) is 1.94. The second kappa shape index (κ2) is 6.43. The number of hydrazine groups is 1. The second-order valence-electron chi connectivity index (χ2n) is 4.44. The van der Waals surface area contributed by atoms with Crippen LogP contribution < -0.4 is 16.0 Å². The summed E-state index contributed by atoms with van der Waals surface area (Å²) in [5.41, 5.74) is 4.55. The first-order chi connectivity index (χ1) is 10.0. The number of non-ortho nitro benzene ring substituents is 1. The van der Waals surface area contributed by atoms with Gasteiger partial charge in [0.05, 0.1) is 10.6 Å². The largest absolute Gasteiger partial charge is 0.489 e. The maximum Gasteiger partial charge on any atom is 0.269 e. The number of nitrogens with two attached hydrogens (primary N) is 1. The van der Waals surface area contributed by atoms with Gasteiger partial charge in [-0.05, 0) is 36.8 Å². The molecule has 2 rings (SSSR count). The number of aryl methyl sites for hydroxylation is 1. The number of nitro benzene ring substituents is 1. The molecule has 0 aliphatic heterocycles. The molecule has 3 N–H and O–H groups in total. The molecule has 0 atom stereocenters. The van der Waals surface area contributed by atoms with Crippen molar-refractivity contribution < 1.29 is 9.66 Å². The van der Waals surface area contributed by atoms with E-state index in [9.17, 15) is 10.1 Å². The Labute approximate surface area is 126 Å². The minimum atomic E-state index is -0.462. The van der Waals surface area contributed by atoms with Gasteiger partial charge in [-0.1, -0.05) is 11.6 Å². The van der Waals surface area contributed by atoms with Crippen LogP contribution in [0.15, 0.2) is 36.4 Å². The third-order valence-electron chi connectivity index (χ3n) is 2.98. The number of halogens is 1. The Balaban J connectivity index is 2.19. The van der Waals surface area contributed by atoms with Crippen LogP contribution in [0.2, 0.25) is 5.02 Å². The van der Waals surface area contributed by atoms with Crippen LogP contribution in [-0.2, 0) is 6.61 Å². The van der Waals surface area contributed by atoms with Gasteiger partial charge in [0.1, 0.15) is 12.4 Å². The minimum absolute atomic E-state index is 0.0140. The van der Waals surface area contributed by atoms with Crippen LogP contribution in [-0.4, -0.2) is 4.92 Å². The predicted molar refractivity (Wildman–Crippen MR) is 81.4 cm³/mol. The van der Waals surface area contributed by atoms with E-state index in [1.165, 1.54) is 12.1 Å². The van der Waals surface area contributed by atoms with Gasteiger partial charge in [-0.25, -0.2) is 0 Å². The zero-order chi connectivity index (χ0) is 15.4. The number of hydrogen-bond acceptors (Lipinski definition) is 5. The van der Waals surface area contributed by atoms with Crippen LogP contribution in [0.25, 0.3) is 0 Å². The van der Waals surface area contributed by atoms with Gasteiger partial charge in [-0.3, -0.25) is 16.0 Å². The maximum atomic E-state index is 10.8. The third-order valence-corrected chi connectivity index (χ3v) is 3.40. The lowest BCUT2D eigenvalue weighted by molar-refractivity contribution is -0.384. The Hall–Kier alpha value is -2.31. The van der Waals surface area contributed by atoms with Crippen molar-refractivity contribution >= 4 is 23.0 Å². The molecule has 0 spiro atoms. The summed E-state index contributed by atoms with van der Waals surface area (Å²) in [6, 6.07) is 9.63. The van der Waals surface area contributed by atoms with Gasteiger partial charge in [0, 0.05) is 22.7 Å². The molecule has 0 aromatic heterocycles. The van der Waals surface area contributed by atoms with Gasteiger partial charge in [-0.2, -0.15) is 0 Å². The maximum absolute atomic E-state index is 10.8. The van der Waals surface area contributed by atoms with E-state index in [4.69, 9.17) is 22.2 Å². The zero-order valence-corrected chi connectivity index (χ0v) is 12.1. The van der Waals surface area contributed by atoms with E-state index in [2.05, 4.69) is 5.43 Å². The van der Waals surface area contributed by atoms with Gasteiger partial charge in [0.2, 0.25) is 0 Å². The van der Waals surface area contributed by atoms with E-state index < -0.39 is 4.92 Å². The molecule has 0 saturated carbocycles. The van der Waals surface area contributed by atoms with Crippen molar-refractivity contribution in [1.82, 2.24) is 0 Å². The molecule has 21 heavy (non-hydrogen) atoms. The molecule has 0 aliphatic carbocycles. The Morgan fingerprint density at radius 2 is 2.10 bits per heavy atom. The normalized spacial score (nSPS) is 10.2. The average Bonchev–Trinajstić information content (AvgIpc) is 2.48. The lowest BCUT2D eigenvalue weighted by Crippen LogP contribution is -2.10. The van der Waals surface area contributed by atoms with Crippen LogP contribution in [0.3, 0.4) is 0 Å². The summed E-state index contributed by atoms with van der Waals surface area (Å²) in [4.78, 5) is 10.3. The Morgan fingerprint density at radius 3 is 2.71 bits per heavy atom. The minimum Gasteiger partial charge on any atom is -0.489 e. The van der Waals surface area contributed by atoms with Crippen LogP contribution in [0.5, 0.6) is 5.75 Å². The molecule has 2 aromatic rings. The summed E-state index contributed by atoms with van der Waals surface area (Å²) in [6.07, 6.45) is 0. The van der Waals surface area contributed by atoms with Crippen molar-refractivity contribution in [2.75, 3.05) is 5.43 Å². The number of ether oxygens (including phenoxy) is 1. The van der Waals surface area contributed by atoms with E-state index in [0.29, 0.717) is 22.0 Å². The van der Waals surface area contributed by atoms with Crippen molar-refractivity contribution in [1.29, 1.82) is 0 Å². The molecule has 0 saturated heterocycles. The Kier molecular flexibility index (Phi) is 4.62. The van der Waals surface area contributed by atoms with Crippen molar-refractivity contribution in [2.24, 2.45) is 5.84 Å². The van der Waals surface area contributed by atoms with Crippen LogP contribution in [0.1, 0.15) is 11.1 Å². The molecule has 2 aromatic carbocycles. The van der Waals surface area contributed by atoms with Crippen molar-refractivity contribution in [3.63, 3.8) is 0 Å². The first-order valence-corrected chi connectivity index (χ1v) is 6.52. The van der Waals surface area contributed by atoms with Crippen molar-refractivity contribution in [3.8, 4) is 5.75 Å². The van der Waals surface area contributed by atoms with E-state index in [-0.39, 0.29) is 12.3 Å². The molecule has 110 valence electrons. The first kappa shape index (κ1) is 15.1. The van der Waals surface area contributed by atoms with E-state index in [1.807, 2.05) is 6.92 Å². The molecule has 0 aliphatic rings.